The number of likely N-dealkylation sites (tertiary alicyclic amines) is 1. The number of piperidine rings is 1. The average Bonchev–Trinajstić information content (AvgIpc) is 2.85. The van der Waals surface area contributed by atoms with Crippen molar-refractivity contribution in [3.8, 4) is 0 Å². The third-order valence-corrected chi connectivity index (χ3v) is 5.44. The molecule has 1 unspecified atom stereocenters. The van der Waals surface area contributed by atoms with Crippen LogP contribution in [0.2, 0.25) is 0 Å². The number of nitrogens with zero attached hydrogens (tertiary/aromatic N) is 3. The molecule has 3 rings (SSSR count). The van der Waals surface area contributed by atoms with Crippen LogP contribution in [0, 0.1) is 11.7 Å². The highest BCUT2D eigenvalue weighted by atomic mass is 19.1. The summed E-state index contributed by atoms with van der Waals surface area (Å²) in [6, 6.07) is 6.48. The molecular weight excluding hydrogens is 333 g/mol. The van der Waals surface area contributed by atoms with Gasteiger partial charge in [0.1, 0.15) is 5.82 Å². The third kappa shape index (κ3) is 4.81. The number of hydrogen-bond donors (Lipinski definition) is 0. The number of hydrogen-bond acceptors (Lipinski definition) is 3. The Morgan fingerprint density at radius 2 is 2.08 bits per heavy atom. The lowest BCUT2D eigenvalue weighted by atomic mass is 9.95. The van der Waals surface area contributed by atoms with Gasteiger partial charge in [0.15, 0.2) is 0 Å². The molecular formula is C20H28FN3O2. The molecule has 0 bridgehead atoms. The van der Waals surface area contributed by atoms with Crippen molar-refractivity contribution in [1.82, 2.24) is 14.7 Å². The summed E-state index contributed by atoms with van der Waals surface area (Å²) in [6.45, 7) is 4.52. The van der Waals surface area contributed by atoms with Crippen LogP contribution in [0.25, 0.3) is 0 Å². The highest BCUT2D eigenvalue weighted by Gasteiger charge is 2.32. The minimum absolute atomic E-state index is 0.0982. The Morgan fingerprint density at radius 1 is 1.23 bits per heavy atom. The molecule has 1 aromatic carbocycles. The highest BCUT2D eigenvalue weighted by Crippen LogP contribution is 2.21. The molecule has 1 atom stereocenters. The van der Waals surface area contributed by atoms with Crippen molar-refractivity contribution in [2.45, 2.75) is 25.7 Å². The molecule has 2 fully saturated rings. The molecule has 2 aliphatic rings. The molecule has 5 nitrogen and oxygen atoms in total. The van der Waals surface area contributed by atoms with E-state index in [0.29, 0.717) is 32.4 Å². The Hall–Kier alpha value is -1.95. The topological polar surface area (TPSA) is 43.9 Å². The maximum Gasteiger partial charge on any atom is 0.227 e. The SMILES string of the molecule is CN1CCCN(C(=O)C2CCC(=O)N(CCc3cccc(F)c3)C2)CC1. The Labute approximate surface area is 154 Å². The van der Waals surface area contributed by atoms with Gasteiger partial charge in [0.05, 0.1) is 5.92 Å². The summed E-state index contributed by atoms with van der Waals surface area (Å²) in [6.07, 6.45) is 2.67. The first-order valence-electron chi connectivity index (χ1n) is 9.52. The molecule has 26 heavy (non-hydrogen) atoms. The lowest BCUT2D eigenvalue weighted by molar-refractivity contribution is -0.143. The van der Waals surface area contributed by atoms with E-state index in [1.807, 2.05) is 11.0 Å². The quantitative estimate of drug-likeness (QED) is 0.821. The molecule has 0 saturated carbocycles. The number of carbonyl (C=O) groups excluding carboxylic acids is 2. The molecule has 0 radical (unpaired) electrons. The van der Waals surface area contributed by atoms with Gasteiger partial charge in [-0.3, -0.25) is 9.59 Å². The van der Waals surface area contributed by atoms with Gasteiger partial charge in [-0.25, -0.2) is 4.39 Å². The predicted octanol–water partition coefficient (Wildman–Crippen LogP) is 1.77. The Balaban J connectivity index is 1.56. The van der Waals surface area contributed by atoms with Gasteiger partial charge in [0.2, 0.25) is 11.8 Å². The standard InChI is InChI=1S/C20H28FN3O2/c1-22-9-3-10-23(13-12-22)20(26)17-6-7-19(25)24(15-17)11-8-16-4-2-5-18(21)14-16/h2,4-5,14,17H,3,6-13,15H2,1H3. The van der Waals surface area contributed by atoms with Crippen LogP contribution in [-0.4, -0.2) is 72.8 Å². The van der Waals surface area contributed by atoms with Gasteiger partial charge in [-0.05, 0) is 50.6 Å². The van der Waals surface area contributed by atoms with Gasteiger partial charge in [-0.1, -0.05) is 12.1 Å². The van der Waals surface area contributed by atoms with Crippen molar-refractivity contribution in [3.63, 3.8) is 0 Å². The fourth-order valence-corrected chi connectivity index (χ4v) is 3.81. The van der Waals surface area contributed by atoms with E-state index in [9.17, 15) is 14.0 Å². The van der Waals surface area contributed by atoms with Crippen LogP contribution in [0.15, 0.2) is 24.3 Å². The van der Waals surface area contributed by atoms with Gasteiger partial charge in [0, 0.05) is 39.1 Å². The molecule has 0 N–H and O–H groups in total. The third-order valence-electron chi connectivity index (χ3n) is 5.44. The molecule has 2 saturated heterocycles. The van der Waals surface area contributed by atoms with Gasteiger partial charge in [-0.2, -0.15) is 0 Å². The van der Waals surface area contributed by atoms with E-state index in [-0.39, 0.29) is 23.5 Å². The first-order chi connectivity index (χ1) is 12.5. The highest BCUT2D eigenvalue weighted by molar-refractivity contribution is 5.84. The minimum Gasteiger partial charge on any atom is -0.342 e. The summed E-state index contributed by atoms with van der Waals surface area (Å²) in [7, 11) is 2.08. The average molecular weight is 361 g/mol. The van der Waals surface area contributed by atoms with Gasteiger partial charge < -0.3 is 14.7 Å². The van der Waals surface area contributed by atoms with Gasteiger partial charge in [-0.15, -0.1) is 0 Å². The number of amides is 2. The van der Waals surface area contributed by atoms with E-state index in [1.54, 1.807) is 11.0 Å². The largest absolute Gasteiger partial charge is 0.342 e. The number of benzene rings is 1. The first kappa shape index (κ1) is 18.8. The zero-order chi connectivity index (χ0) is 18.5. The summed E-state index contributed by atoms with van der Waals surface area (Å²) in [4.78, 5) is 31.1. The lowest BCUT2D eigenvalue weighted by Gasteiger charge is -2.34. The van der Waals surface area contributed by atoms with Crippen molar-refractivity contribution in [2.24, 2.45) is 5.92 Å². The van der Waals surface area contributed by atoms with Crippen molar-refractivity contribution >= 4 is 11.8 Å². The molecule has 142 valence electrons. The maximum absolute atomic E-state index is 13.3. The van der Waals surface area contributed by atoms with Gasteiger partial charge >= 0.3 is 0 Å². The van der Waals surface area contributed by atoms with E-state index in [0.717, 1.165) is 38.2 Å². The van der Waals surface area contributed by atoms with Gasteiger partial charge in [0.25, 0.3) is 0 Å². The van der Waals surface area contributed by atoms with Crippen LogP contribution >= 0.6 is 0 Å². The smallest absolute Gasteiger partial charge is 0.227 e. The minimum atomic E-state index is -0.258. The molecule has 2 amide bonds. The normalized spacial score (nSPS) is 22.4. The molecule has 2 heterocycles. The van der Waals surface area contributed by atoms with E-state index in [1.165, 1.54) is 12.1 Å². The summed E-state index contributed by atoms with van der Waals surface area (Å²) in [5.74, 6) is -0.0834. The van der Waals surface area contributed by atoms with E-state index in [4.69, 9.17) is 0 Å². The zero-order valence-corrected chi connectivity index (χ0v) is 15.5. The summed E-state index contributed by atoms with van der Waals surface area (Å²) in [5.41, 5.74) is 0.877. The van der Waals surface area contributed by atoms with Crippen LogP contribution < -0.4 is 0 Å². The lowest BCUT2D eigenvalue weighted by Crippen LogP contribution is -2.48. The van der Waals surface area contributed by atoms with Crippen LogP contribution in [0.4, 0.5) is 4.39 Å². The maximum atomic E-state index is 13.3. The van der Waals surface area contributed by atoms with E-state index < -0.39 is 0 Å². The summed E-state index contributed by atoms with van der Waals surface area (Å²) < 4.78 is 13.3. The van der Waals surface area contributed by atoms with Crippen LogP contribution in [-0.2, 0) is 16.0 Å². The second-order valence-electron chi connectivity index (χ2n) is 7.44. The van der Waals surface area contributed by atoms with Crippen LogP contribution in [0.1, 0.15) is 24.8 Å². The van der Waals surface area contributed by atoms with Crippen molar-refractivity contribution in [3.05, 3.63) is 35.6 Å². The molecule has 1 aromatic rings. The zero-order valence-electron chi connectivity index (χ0n) is 15.5. The second kappa shape index (κ2) is 8.62. The second-order valence-corrected chi connectivity index (χ2v) is 7.44. The Bertz CT molecular complexity index is 652. The molecule has 6 heteroatoms. The fraction of sp³-hybridized carbons (Fsp3) is 0.600. The molecule has 0 aromatic heterocycles. The number of halogens is 1. The fourth-order valence-electron chi connectivity index (χ4n) is 3.81. The van der Waals surface area contributed by atoms with Crippen molar-refractivity contribution in [2.75, 3.05) is 46.3 Å². The van der Waals surface area contributed by atoms with Crippen molar-refractivity contribution in [1.29, 1.82) is 0 Å². The first-order valence-corrected chi connectivity index (χ1v) is 9.52. The molecule has 0 aliphatic carbocycles. The van der Waals surface area contributed by atoms with Crippen molar-refractivity contribution < 1.29 is 14.0 Å². The molecule has 0 spiro atoms. The van der Waals surface area contributed by atoms with Crippen LogP contribution in [0.3, 0.4) is 0 Å². The summed E-state index contributed by atoms with van der Waals surface area (Å²) in [5, 5.41) is 0. The number of carbonyl (C=O) groups is 2. The van der Waals surface area contributed by atoms with Crippen LogP contribution in [0.5, 0.6) is 0 Å². The predicted molar refractivity (Wildman–Crippen MR) is 98.1 cm³/mol. The van der Waals surface area contributed by atoms with E-state index >= 15 is 0 Å². The number of rotatable bonds is 4. The van der Waals surface area contributed by atoms with E-state index in [2.05, 4.69) is 11.9 Å². The summed E-state index contributed by atoms with van der Waals surface area (Å²) >= 11 is 0. The monoisotopic (exact) mass is 361 g/mol. The number of likely N-dealkylation sites (N-methyl/N-ethyl adjacent to an activating group) is 1. The Morgan fingerprint density at radius 3 is 2.88 bits per heavy atom. The Kier molecular flexibility index (Phi) is 6.25. The molecule has 2 aliphatic heterocycles.